The molecule has 6 nitrogen and oxygen atoms in total. The van der Waals surface area contributed by atoms with Crippen LogP contribution in [-0.4, -0.2) is 19.6 Å². The summed E-state index contributed by atoms with van der Waals surface area (Å²) < 4.78 is 2.34. The maximum Gasteiger partial charge on any atom is 0.190 e. The Morgan fingerprint density at radius 2 is 1.21 bits per heavy atom. The normalized spacial score (nSPS) is 11.6. The fourth-order valence-electron chi connectivity index (χ4n) is 8.25. The SMILES string of the molecule is [C-]#[N+]c1cc(O)c(-c2cc(-c3cc(C(C)(C)C)cc(C(C)(C)C)c3)cc(-c3[c-]c(-c4cc(-c5cccc6c7ccccc7n(-c7ccccc7)c56)ccn4)ccc3)n2)c([N+]#[C-])c1.[Pt]. The van der Waals surface area contributed by atoms with Crippen molar-refractivity contribution in [2.45, 2.75) is 52.4 Å². The Balaban J connectivity index is 0.00000544. The number of pyridine rings is 2. The first kappa shape index (κ1) is 42.6. The number of rotatable bonds is 6. The monoisotopic (exact) mass is 997 g/mol. The van der Waals surface area contributed by atoms with Crippen LogP contribution in [0.15, 0.2) is 152 Å². The second-order valence-corrected chi connectivity index (χ2v) is 17.8. The van der Waals surface area contributed by atoms with Gasteiger partial charge in [0.05, 0.1) is 29.9 Å². The molecule has 9 aromatic rings. The Labute approximate surface area is 383 Å². The second kappa shape index (κ2) is 16.6. The molecule has 0 aliphatic heterocycles. The van der Waals surface area contributed by atoms with Crippen LogP contribution < -0.4 is 0 Å². The second-order valence-electron chi connectivity index (χ2n) is 17.8. The van der Waals surface area contributed by atoms with E-state index in [9.17, 15) is 5.11 Å². The van der Waals surface area contributed by atoms with Crippen molar-refractivity contribution in [2.75, 3.05) is 0 Å². The number of fused-ring (bicyclic) bond motifs is 3. The molecular weight excluding hydrogens is 954 g/mol. The van der Waals surface area contributed by atoms with E-state index in [1.807, 2.05) is 36.5 Å². The Morgan fingerprint density at radius 1 is 0.587 bits per heavy atom. The minimum atomic E-state index is -0.168. The van der Waals surface area contributed by atoms with Crippen molar-refractivity contribution in [3.05, 3.63) is 192 Å². The van der Waals surface area contributed by atoms with Crippen LogP contribution >= 0.6 is 0 Å². The van der Waals surface area contributed by atoms with Gasteiger partial charge in [0.25, 0.3) is 0 Å². The van der Waals surface area contributed by atoms with Gasteiger partial charge in [-0.2, -0.15) is 0 Å². The van der Waals surface area contributed by atoms with Crippen LogP contribution in [0.3, 0.4) is 0 Å². The van der Waals surface area contributed by atoms with E-state index >= 15 is 0 Å². The molecule has 310 valence electrons. The number of nitrogens with zero attached hydrogens (tertiary/aromatic N) is 5. The fourth-order valence-corrected chi connectivity index (χ4v) is 8.25. The first-order valence-electron chi connectivity index (χ1n) is 20.7. The summed E-state index contributed by atoms with van der Waals surface area (Å²) in [7, 11) is 0. The third-order valence-corrected chi connectivity index (χ3v) is 11.5. The molecule has 0 radical (unpaired) electrons. The zero-order valence-corrected chi connectivity index (χ0v) is 38.2. The van der Waals surface area contributed by atoms with E-state index < -0.39 is 0 Å². The van der Waals surface area contributed by atoms with Crippen LogP contribution in [-0.2, 0) is 31.9 Å². The quantitative estimate of drug-likeness (QED) is 0.169. The number of phenols is 1. The summed E-state index contributed by atoms with van der Waals surface area (Å²) in [6.45, 7) is 28.9. The maximum atomic E-state index is 11.4. The molecule has 0 amide bonds. The number of aromatic nitrogens is 3. The average Bonchev–Trinajstić information content (AvgIpc) is 3.63. The Hall–Kier alpha value is -7.11. The van der Waals surface area contributed by atoms with Gasteiger partial charge in [0.2, 0.25) is 0 Å². The summed E-state index contributed by atoms with van der Waals surface area (Å²) in [5.74, 6) is -0.168. The van der Waals surface area contributed by atoms with Crippen LogP contribution in [0.25, 0.3) is 93.2 Å². The zero-order valence-electron chi connectivity index (χ0n) is 35.9. The molecule has 9 rings (SSSR count). The Bertz CT molecular complexity index is 3270. The van der Waals surface area contributed by atoms with Gasteiger partial charge in [-0.15, -0.1) is 24.3 Å². The molecule has 3 heterocycles. The number of para-hydroxylation sites is 3. The van der Waals surface area contributed by atoms with Crippen molar-refractivity contribution in [1.82, 2.24) is 14.5 Å². The third kappa shape index (κ3) is 8.08. The molecular formula is C56H44N5OPt-. The molecule has 3 aromatic heterocycles. The van der Waals surface area contributed by atoms with Crippen molar-refractivity contribution in [2.24, 2.45) is 0 Å². The molecule has 0 bridgehead atoms. The summed E-state index contributed by atoms with van der Waals surface area (Å²) in [5.41, 5.74) is 13.5. The smallest absolute Gasteiger partial charge is 0.190 e. The largest absolute Gasteiger partial charge is 0.510 e. The van der Waals surface area contributed by atoms with E-state index in [2.05, 4.69) is 165 Å². The molecule has 6 aromatic carbocycles. The number of hydrogen-bond acceptors (Lipinski definition) is 3. The minimum absolute atomic E-state index is 0. The van der Waals surface area contributed by atoms with E-state index in [1.165, 1.54) is 34.0 Å². The van der Waals surface area contributed by atoms with Gasteiger partial charge in [0.15, 0.2) is 11.4 Å². The van der Waals surface area contributed by atoms with E-state index in [0.717, 1.165) is 55.8 Å². The molecule has 0 unspecified atom stereocenters. The van der Waals surface area contributed by atoms with Crippen LogP contribution in [0.1, 0.15) is 52.7 Å². The molecule has 7 heteroatoms. The molecule has 1 N–H and O–H groups in total. The van der Waals surface area contributed by atoms with E-state index in [4.69, 9.17) is 23.1 Å². The first-order valence-corrected chi connectivity index (χ1v) is 20.7. The molecule has 0 saturated heterocycles. The van der Waals surface area contributed by atoms with E-state index in [-0.39, 0.29) is 54.6 Å². The van der Waals surface area contributed by atoms with Crippen molar-refractivity contribution in [1.29, 1.82) is 0 Å². The van der Waals surface area contributed by atoms with Gasteiger partial charge < -0.3 is 9.67 Å². The fraction of sp³-hybridized carbons (Fsp3) is 0.143. The van der Waals surface area contributed by atoms with Gasteiger partial charge in [0.1, 0.15) is 5.75 Å². The average molecular weight is 998 g/mol. The summed E-state index contributed by atoms with van der Waals surface area (Å²) in [6, 6.07) is 53.0. The van der Waals surface area contributed by atoms with Crippen LogP contribution in [0.5, 0.6) is 5.75 Å². The van der Waals surface area contributed by atoms with E-state index in [0.29, 0.717) is 11.4 Å². The molecule has 0 aliphatic rings. The van der Waals surface area contributed by atoms with E-state index in [1.54, 1.807) is 0 Å². The summed E-state index contributed by atoms with van der Waals surface area (Å²) in [4.78, 5) is 17.2. The number of hydrogen-bond donors (Lipinski definition) is 1. The van der Waals surface area contributed by atoms with Crippen molar-refractivity contribution in [3.63, 3.8) is 0 Å². The van der Waals surface area contributed by atoms with Gasteiger partial charge in [-0.05, 0) is 75.0 Å². The van der Waals surface area contributed by atoms with Crippen molar-refractivity contribution in [3.8, 4) is 67.5 Å². The molecule has 0 spiro atoms. The summed E-state index contributed by atoms with van der Waals surface area (Å²) in [5, 5.41) is 13.7. The van der Waals surface area contributed by atoms with Crippen molar-refractivity contribution >= 4 is 33.2 Å². The predicted octanol–water partition coefficient (Wildman–Crippen LogP) is 15.1. The summed E-state index contributed by atoms with van der Waals surface area (Å²) >= 11 is 0. The maximum absolute atomic E-state index is 11.4. The molecule has 0 fully saturated rings. The van der Waals surface area contributed by atoms with Crippen LogP contribution in [0.2, 0.25) is 0 Å². The molecule has 63 heavy (non-hydrogen) atoms. The first-order chi connectivity index (χ1) is 29.8. The van der Waals surface area contributed by atoms with Crippen LogP contribution in [0.4, 0.5) is 11.4 Å². The topological polar surface area (TPSA) is 59.7 Å². The van der Waals surface area contributed by atoms with Gasteiger partial charge in [-0.3, -0.25) is 9.97 Å². The van der Waals surface area contributed by atoms with Gasteiger partial charge in [0, 0.05) is 66.2 Å². The Kier molecular flexibility index (Phi) is 11.2. The number of phenolic OH excluding ortho intramolecular Hbond substituents is 1. The number of benzene rings is 6. The Morgan fingerprint density at radius 3 is 1.90 bits per heavy atom. The molecule has 0 saturated carbocycles. The molecule has 0 aliphatic carbocycles. The van der Waals surface area contributed by atoms with Gasteiger partial charge in [-0.25, -0.2) is 9.69 Å². The van der Waals surface area contributed by atoms with Gasteiger partial charge >= 0.3 is 0 Å². The summed E-state index contributed by atoms with van der Waals surface area (Å²) in [6.07, 6.45) is 1.85. The zero-order chi connectivity index (χ0) is 43.3. The van der Waals surface area contributed by atoms with Crippen molar-refractivity contribution < 1.29 is 26.2 Å². The number of aromatic hydroxyl groups is 1. The predicted molar refractivity (Wildman–Crippen MR) is 254 cm³/mol. The molecule has 0 atom stereocenters. The van der Waals surface area contributed by atoms with Gasteiger partial charge in [-0.1, -0.05) is 144 Å². The third-order valence-electron chi connectivity index (χ3n) is 11.5. The van der Waals surface area contributed by atoms with Crippen LogP contribution in [0, 0.1) is 19.2 Å². The standard InChI is InChI=1S/C56H44N5O.Pt/c1-55(2,3)40-27-38(28-41(32-40)56(4,5)6)39-30-48(60-50(31-39)53-49(58-8)33-42(57-7)34-52(53)62)37-17-14-16-36(26-37)47-29-35(24-25-59-47)44-21-15-22-46-45-20-12-13-23-51(45)61(54(44)46)43-18-10-9-11-19-43;/h9-25,27-34,62H,1-6H3;/q-1;. The minimum Gasteiger partial charge on any atom is -0.510 e.